The fourth-order valence-electron chi connectivity index (χ4n) is 5.82. The third-order valence-electron chi connectivity index (χ3n) is 8.52. The molecule has 3 N–H and O–H groups in total. The molecule has 1 saturated carbocycles. The van der Waals surface area contributed by atoms with Gasteiger partial charge in [-0.3, -0.25) is 19.3 Å². The van der Waals surface area contributed by atoms with Gasteiger partial charge in [-0.1, -0.05) is 49.2 Å². The van der Waals surface area contributed by atoms with Crippen LogP contribution < -0.4 is 16.0 Å². The van der Waals surface area contributed by atoms with Gasteiger partial charge >= 0.3 is 0 Å². The van der Waals surface area contributed by atoms with Crippen LogP contribution in [-0.4, -0.2) is 91.1 Å². The molecule has 2 fully saturated rings. The second-order valence-electron chi connectivity index (χ2n) is 11.5. The van der Waals surface area contributed by atoms with Gasteiger partial charge in [0.15, 0.2) is 0 Å². The van der Waals surface area contributed by atoms with Crippen molar-refractivity contribution in [2.75, 3.05) is 39.9 Å². The Hall–Kier alpha value is -3.08. The second-order valence-corrected chi connectivity index (χ2v) is 11.9. The third-order valence-corrected chi connectivity index (χ3v) is 8.77. The molecule has 2 aromatic carbocycles. The minimum absolute atomic E-state index is 0.0638. The Balaban J connectivity index is 1.54. The number of halogens is 3. The van der Waals surface area contributed by atoms with Crippen LogP contribution in [0.4, 0.5) is 8.78 Å². The first-order valence-electron chi connectivity index (χ1n) is 15.1. The van der Waals surface area contributed by atoms with E-state index < -0.39 is 24.3 Å². The second kappa shape index (κ2) is 15.1. The lowest BCUT2D eigenvalue weighted by Gasteiger charge is -2.45. The largest absolute Gasteiger partial charge is 0.352 e. The molecule has 3 amide bonds. The molecule has 234 valence electrons. The van der Waals surface area contributed by atoms with Gasteiger partial charge in [0, 0.05) is 43.7 Å². The van der Waals surface area contributed by atoms with E-state index in [1.54, 1.807) is 31.3 Å². The lowest BCUT2D eigenvalue weighted by Crippen LogP contribution is -2.63. The predicted molar refractivity (Wildman–Crippen MR) is 163 cm³/mol. The van der Waals surface area contributed by atoms with Crippen LogP contribution in [0.15, 0.2) is 48.5 Å². The third kappa shape index (κ3) is 8.52. The molecule has 0 bridgehead atoms. The maximum atomic E-state index is 14.2. The van der Waals surface area contributed by atoms with E-state index in [1.165, 1.54) is 12.1 Å². The number of likely N-dealkylation sites (N-methyl/N-ethyl adjacent to an activating group) is 1. The van der Waals surface area contributed by atoms with Crippen molar-refractivity contribution in [2.24, 2.45) is 0 Å². The summed E-state index contributed by atoms with van der Waals surface area (Å²) in [6.07, 6.45) is 3.56. The molecule has 8 nitrogen and oxygen atoms in total. The number of benzene rings is 2. The summed E-state index contributed by atoms with van der Waals surface area (Å²) in [7, 11) is 1.74. The summed E-state index contributed by atoms with van der Waals surface area (Å²) in [5.41, 5.74) is 1.01. The minimum Gasteiger partial charge on any atom is -0.352 e. The number of amides is 3. The Morgan fingerprint density at radius 1 is 1.02 bits per heavy atom. The van der Waals surface area contributed by atoms with Gasteiger partial charge < -0.3 is 20.9 Å². The highest BCUT2D eigenvalue weighted by Gasteiger charge is 2.50. The number of hydrogen-bond acceptors (Lipinski definition) is 5. The smallest absolute Gasteiger partial charge is 0.245 e. The fraction of sp³-hybridized carbons (Fsp3) is 0.531. The van der Waals surface area contributed by atoms with Gasteiger partial charge in [0.25, 0.3) is 0 Å². The van der Waals surface area contributed by atoms with Crippen molar-refractivity contribution >= 4 is 29.3 Å². The summed E-state index contributed by atoms with van der Waals surface area (Å²) >= 11 is 6.06. The zero-order valence-corrected chi connectivity index (χ0v) is 25.6. The van der Waals surface area contributed by atoms with E-state index in [-0.39, 0.29) is 42.5 Å². The average molecular weight is 618 g/mol. The number of carbonyl (C=O) groups is 3. The molecule has 0 aromatic heterocycles. The van der Waals surface area contributed by atoms with Crippen molar-refractivity contribution in [1.29, 1.82) is 0 Å². The lowest BCUT2D eigenvalue weighted by atomic mass is 9.98. The van der Waals surface area contributed by atoms with Crippen molar-refractivity contribution in [1.82, 2.24) is 25.8 Å². The van der Waals surface area contributed by atoms with E-state index in [0.717, 1.165) is 17.5 Å². The number of nitrogens with one attached hydrogen (secondary N) is 3. The predicted octanol–water partition coefficient (Wildman–Crippen LogP) is 3.27. The topological polar surface area (TPSA) is 93.8 Å². The Morgan fingerprint density at radius 2 is 1.67 bits per heavy atom. The molecule has 4 rings (SSSR count). The van der Waals surface area contributed by atoms with E-state index in [0.29, 0.717) is 50.3 Å². The summed E-state index contributed by atoms with van der Waals surface area (Å²) in [6.45, 7) is 2.58. The van der Waals surface area contributed by atoms with Crippen LogP contribution in [0.25, 0.3) is 0 Å². The Morgan fingerprint density at radius 3 is 2.28 bits per heavy atom. The van der Waals surface area contributed by atoms with Gasteiger partial charge in [-0.25, -0.2) is 8.78 Å². The monoisotopic (exact) mass is 617 g/mol. The molecular formula is C32H42ClF2N5O3. The normalized spacial score (nSPS) is 19.4. The Labute approximate surface area is 257 Å². The van der Waals surface area contributed by atoms with Crippen molar-refractivity contribution < 1.29 is 23.2 Å². The van der Waals surface area contributed by atoms with Gasteiger partial charge in [0.2, 0.25) is 17.7 Å². The lowest BCUT2D eigenvalue weighted by molar-refractivity contribution is -0.142. The van der Waals surface area contributed by atoms with E-state index in [2.05, 4.69) is 20.9 Å². The summed E-state index contributed by atoms with van der Waals surface area (Å²) in [5.74, 6) is -1.04. The molecule has 0 radical (unpaired) electrons. The highest BCUT2D eigenvalue weighted by atomic mass is 35.5. The Kier molecular flexibility index (Phi) is 11.5. The first-order chi connectivity index (χ1) is 20.7. The quantitative estimate of drug-likeness (QED) is 0.303. The van der Waals surface area contributed by atoms with Crippen LogP contribution in [0.5, 0.6) is 0 Å². The highest BCUT2D eigenvalue weighted by molar-refractivity contribution is 6.30. The minimum atomic E-state index is -0.826. The number of nitrogens with zero attached hydrogens (tertiary/aromatic N) is 2. The van der Waals surface area contributed by atoms with E-state index in [1.807, 2.05) is 24.0 Å². The number of piperazine rings is 1. The van der Waals surface area contributed by atoms with Crippen LogP contribution in [-0.2, 0) is 27.2 Å². The zero-order chi connectivity index (χ0) is 31.0. The van der Waals surface area contributed by atoms with E-state index in [4.69, 9.17) is 11.6 Å². The first-order valence-corrected chi connectivity index (χ1v) is 15.4. The number of rotatable bonds is 14. The van der Waals surface area contributed by atoms with Crippen molar-refractivity contribution in [3.05, 3.63) is 70.5 Å². The van der Waals surface area contributed by atoms with E-state index in [9.17, 15) is 23.2 Å². The summed E-state index contributed by atoms with van der Waals surface area (Å²) in [6, 6.07) is 11.7. The summed E-state index contributed by atoms with van der Waals surface area (Å²) < 4.78 is 26.5. The summed E-state index contributed by atoms with van der Waals surface area (Å²) in [5, 5.41) is 9.37. The summed E-state index contributed by atoms with van der Waals surface area (Å²) in [4.78, 5) is 44.5. The van der Waals surface area contributed by atoms with Crippen LogP contribution in [0.3, 0.4) is 0 Å². The van der Waals surface area contributed by atoms with Gasteiger partial charge in [-0.05, 0) is 68.1 Å². The molecule has 2 aromatic rings. The van der Waals surface area contributed by atoms with Crippen LogP contribution >= 0.6 is 11.6 Å². The van der Waals surface area contributed by atoms with Crippen molar-refractivity contribution in [3.8, 4) is 0 Å². The van der Waals surface area contributed by atoms with E-state index >= 15 is 0 Å². The zero-order valence-electron chi connectivity index (χ0n) is 24.9. The van der Waals surface area contributed by atoms with Gasteiger partial charge in [-0.15, -0.1) is 0 Å². The molecule has 3 atom stereocenters. The molecule has 1 aliphatic carbocycles. The Bertz CT molecular complexity index is 1240. The van der Waals surface area contributed by atoms with Gasteiger partial charge in [0.1, 0.15) is 18.5 Å². The van der Waals surface area contributed by atoms with Gasteiger partial charge in [0.05, 0.1) is 11.6 Å². The number of carbonyl (C=O) groups excluding carboxylic acids is 3. The first kappa shape index (κ1) is 32.8. The standard InChI is InChI=1S/C32H42ClF2N5O3/c1-3-4-26-21-39(28(29(41)37-16-15-34)20-23-5-9-24(33)10-6-23)17-18-40(26)30(42)27(19-22-7-11-25(35)12-8-22)38-31(43)32(36-2)13-14-32/h5-12,26-28,36H,3-4,13-21H2,1-2H3,(H,37,41)(H,38,43). The molecular weight excluding hydrogens is 576 g/mol. The molecule has 1 saturated heterocycles. The molecule has 1 aliphatic heterocycles. The molecule has 0 spiro atoms. The average Bonchev–Trinajstić information content (AvgIpc) is 3.82. The molecule has 11 heteroatoms. The highest BCUT2D eigenvalue weighted by Crippen LogP contribution is 2.35. The molecule has 3 unspecified atom stereocenters. The van der Waals surface area contributed by atoms with Crippen molar-refractivity contribution in [2.45, 2.75) is 69.1 Å². The molecule has 1 heterocycles. The van der Waals surface area contributed by atoms with Crippen LogP contribution in [0, 0.1) is 5.82 Å². The number of hydrogen-bond donors (Lipinski definition) is 3. The SMILES string of the molecule is CCCC1CN(C(Cc2ccc(Cl)cc2)C(=O)NCCF)CCN1C(=O)C(Cc1ccc(F)cc1)NC(=O)C1(NC)CC1. The van der Waals surface area contributed by atoms with Crippen LogP contribution in [0.2, 0.25) is 5.02 Å². The maximum absolute atomic E-state index is 14.2. The fourth-order valence-corrected chi connectivity index (χ4v) is 5.95. The van der Waals surface area contributed by atoms with Crippen LogP contribution in [0.1, 0.15) is 43.7 Å². The molecule has 43 heavy (non-hydrogen) atoms. The van der Waals surface area contributed by atoms with Gasteiger partial charge in [-0.2, -0.15) is 0 Å². The van der Waals surface area contributed by atoms with Crippen molar-refractivity contribution in [3.63, 3.8) is 0 Å². The molecule has 2 aliphatic rings. The maximum Gasteiger partial charge on any atom is 0.245 e. The number of alkyl halides is 1.